The zero-order chi connectivity index (χ0) is 23.5. The topological polar surface area (TPSA) is 41.0 Å². The second-order valence-electron chi connectivity index (χ2n) is 8.47. The molecule has 172 valence electrons. The van der Waals surface area contributed by atoms with Gasteiger partial charge in [0.2, 0.25) is 0 Å². The Morgan fingerprint density at radius 2 is 1.62 bits per heavy atom. The highest BCUT2D eigenvalue weighted by Crippen LogP contribution is 2.37. The highest BCUT2D eigenvalue weighted by Gasteiger charge is 2.31. The molecule has 0 spiro atoms. The monoisotopic (exact) mass is 450 g/mol. The number of methoxy groups -OCH3 is 1. The molecule has 0 radical (unpaired) electrons. The standard InChI is InChI=1S/C29H30N4O/c1-4-32(5-2)24-15-10-22(11-16-24)27-20-28(23-12-17-25(34-3)18-13-23)33(31-27)29-19-14-21-8-6-7-9-26(21)30-29/h6-19,28H,4-5,20H2,1-3H3. The van der Waals surface area contributed by atoms with Crippen molar-refractivity contribution in [2.45, 2.75) is 26.3 Å². The average Bonchev–Trinajstić information content (AvgIpc) is 3.35. The van der Waals surface area contributed by atoms with Crippen LogP contribution in [0.15, 0.2) is 90.0 Å². The number of benzene rings is 3. The maximum atomic E-state index is 5.37. The Kier molecular flexibility index (Phi) is 6.17. The number of aromatic nitrogens is 1. The normalized spacial score (nSPS) is 15.4. The van der Waals surface area contributed by atoms with Crippen LogP contribution in [0, 0.1) is 0 Å². The number of hydrogen-bond donors (Lipinski definition) is 0. The van der Waals surface area contributed by atoms with Crippen molar-refractivity contribution in [2.24, 2.45) is 5.10 Å². The third-order valence-corrected chi connectivity index (χ3v) is 6.56. The SMILES string of the molecule is CCN(CC)c1ccc(C2=NN(c3ccc4ccccc4n3)C(c3ccc(OC)cc3)C2)cc1. The van der Waals surface area contributed by atoms with Gasteiger partial charge < -0.3 is 9.64 Å². The Hall–Kier alpha value is -3.86. The summed E-state index contributed by atoms with van der Waals surface area (Å²) in [7, 11) is 1.69. The summed E-state index contributed by atoms with van der Waals surface area (Å²) in [6.45, 7) is 6.37. The van der Waals surface area contributed by atoms with Crippen LogP contribution in [0.3, 0.4) is 0 Å². The summed E-state index contributed by atoms with van der Waals surface area (Å²) < 4.78 is 5.37. The summed E-state index contributed by atoms with van der Waals surface area (Å²) >= 11 is 0. The van der Waals surface area contributed by atoms with Crippen LogP contribution in [0.2, 0.25) is 0 Å². The van der Waals surface area contributed by atoms with E-state index in [4.69, 9.17) is 14.8 Å². The first kappa shape index (κ1) is 22.0. The van der Waals surface area contributed by atoms with Crippen LogP contribution >= 0.6 is 0 Å². The number of pyridine rings is 1. The Morgan fingerprint density at radius 1 is 0.882 bits per heavy atom. The molecule has 3 aromatic carbocycles. The van der Waals surface area contributed by atoms with Crippen LogP contribution in [0.25, 0.3) is 10.9 Å². The third kappa shape index (κ3) is 4.21. The first-order chi connectivity index (χ1) is 16.7. The molecule has 0 bridgehead atoms. The van der Waals surface area contributed by atoms with Crippen molar-refractivity contribution in [3.05, 3.63) is 96.1 Å². The van der Waals surface area contributed by atoms with E-state index < -0.39 is 0 Å². The summed E-state index contributed by atoms with van der Waals surface area (Å²) in [5.74, 6) is 1.71. The summed E-state index contributed by atoms with van der Waals surface area (Å²) in [5, 5.41) is 8.29. The van der Waals surface area contributed by atoms with Gasteiger partial charge in [0, 0.05) is 30.6 Å². The fourth-order valence-corrected chi connectivity index (χ4v) is 4.62. The van der Waals surface area contributed by atoms with E-state index in [2.05, 4.69) is 78.4 Å². The smallest absolute Gasteiger partial charge is 0.150 e. The number of ether oxygens (including phenoxy) is 1. The second kappa shape index (κ2) is 9.56. The molecular formula is C29H30N4O. The zero-order valence-corrected chi connectivity index (χ0v) is 20.0. The van der Waals surface area contributed by atoms with Crippen molar-refractivity contribution in [3.63, 3.8) is 0 Å². The number of hydrazone groups is 1. The molecular weight excluding hydrogens is 420 g/mol. The fourth-order valence-electron chi connectivity index (χ4n) is 4.62. The zero-order valence-electron chi connectivity index (χ0n) is 20.0. The van der Waals surface area contributed by atoms with E-state index in [1.165, 1.54) is 11.3 Å². The van der Waals surface area contributed by atoms with E-state index in [1.807, 2.05) is 30.3 Å². The number of anilines is 2. The van der Waals surface area contributed by atoms with Gasteiger partial charge in [-0.25, -0.2) is 9.99 Å². The maximum Gasteiger partial charge on any atom is 0.150 e. The molecule has 0 fully saturated rings. The minimum absolute atomic E-state index is 0.0667. The highest BCUT2D eigenvalue weighted by atomic mass is 16.5. The van der Waals surface area contributed by atoms with E-state index >= 15 is 0 Å². The van der Waals surface area contributed by atoms with Gasteiger partial charge in [-0.15, -0.1) is 0 Å². The van der Waals surface area contributed by atoms with Crippen molar-refractivity contribution in [2.75, 3.05) is 30.1 Å². The van der Waals surface area contributed by atoms with E-state index in [9.17, 15) is 0 Å². The van der Waals surface area contributed by atoms with Crippen molar-refractivity contribution >= 4 is 28.1 Å². The quantitative estimate of drug-likeness (QED) is 0.325. The average molecular weight is 451 g/mol. The van der Waals surface area contributed by atoms with Crippen molar-refractivity contribution in [1.82, 2.24) is 4.98 Å². The van der Waals surface area contributed by atoms with E-state index in [0.29, 0.717) is 0 Å². The van der Waals surface area contributed by atoms with E-state index in [0.717, 1.165) is 53.3 Å². The van der Waals surface area contributed by atoms with Crippen LogP contribution in [-0.4, -0.2) is 30.9 Å². The minimum atomic E-state index is 0.0667. The van der Waals surface area contributed by atoms with Crippen LogP contribution in [0.1, 0.15) is 37.4 Å². The molecule has 1 aliphatic heterocycles. The number of para-hydroxylation sites is 1. The van der Waals surface area contributed by atoms with Gasteiger partial charge >= 0.3 is 0 Å². The Morgan fingerprint density at radius 3 is 2.32 bits per heavy atom. The molecule has 0 saturated carbocycles. The van der Waals surface area contributed by atoms with Crippen molar-refractivity contribution in [1.29, 1.82) is 0 Å². The second-order valence-corrected chi connectivity index (χ2v) is 8.47. The molecule has 0 amide bonds. The molecule has 0 aliphatic carbocycles. The Balaban J connectivity index is 1.52. The fraction of sp³-hybridized carbons (Fsp3) is 0.241. The van der Waals surface area contributed by atoms with Crippen LogP contribution < -0.4 is 14.6 Å². The molecule has 5 heteroatoms. The highest BCUT2D eigenvalue weighted by molar-refractivity contribution is 6.03. The van der Waals surface area contributed by atoms with Gasteiger partial charge in [-0.3, -0.25) is 0 Å². The summed E-state index contributed by atoms with van der Waals surface area (Å²) in [6, 6.07) is 29.5. The molecule has 5 rings (SSSR count). The summed E-state index contributed by atoms with van der Waals surface area (Å²) in [5.41, 5.74) is 5.63. The molecule has 1 atom stereocenters. The van der Waals surface area contributed by atoms with Crippen molar-refractivity contribution < 1.29 is 4.74 Å². The lowest BCUT2D eigenvalue weighted by atomic mass is 9.98. The number of fused-ring (bicyclic) bond motifs is 1. The van der Waals surface area contributed by atoms with Gasteiger partial charge in [-0.05, 0) is 67.4 Å². The van der Waals surface area contributed by atoms with Gasteiger partial charge in [0.25, 0.3) is 0 Å². The Bertz CT molecular complexity index is 1290. The number of rotatable bonds is 7. The molecule has 2 heterocycles. The van der Waals surface area contributed by atoms with Gasteiger partial charge in [-0.2, -0.15) is 5.10 Å². The minimum Gasteiger partial charge on any atom is -0.497 e. The maximum absolute atomic E-state index is 5.37. The van der Waals surface area contributed by atoms with Crippen LogP contribution in [0.4, 0.5) is 11.5 Å². The lowest BCUT2D eigenvalue weighted by Crippen LogP contribution is -2.21. The van der Waals surface area contributed by atoms with E-state index in [1.54, 1.807) is 7.11 Å². The molecule has 1 aliphatic rings. The number of hydrogen-bond acceptors (Lipinski definition) is 5. The largest absolute Gasteiger partial charge is 0.497 e. The first-order valence-corrected chi connectivity index (χ1v) is 11.9. The molecule has 1 unspecified atom stereocenters. The van der Waals surface area contributed by atoms with Crippen LogP contribution in [-0.2, 0) is 0 Å². The van der Waals surface area contributed by atoms with Gasteiger partial charge in [0.15, 0.2) is 0 Å². The molecule has 4 aromatic rings. The molecule has 0 N–H and O–H groups in total. The summed E-state index contributed by atoms with van der Waals surface area (Å²) in [4.78, 5) is 7.29. The van der Waals surface area contributed by atoms with Gasteiger partial charge in [0.1, 0.15) is 11.6 Å². The lowest BCUT2D eigenvalue weighted by Gasteiger charge is -2.23. The van der Waals surface area contributed by atoms with Crippen molar-refractivity contribution in [3.8, 4) is 5.75 Å². The third-order valence-electron chi connectivity index (χ3n) is 6.56. The van der Waals surface area contributed by atoms with Gasteiger partial charge in [-0.1, -0.05) is 42.5 Å². The molecule has 5 nitrogen and oxygen atoms in total. The first-order valence-electron chi connectivity index (χ1n) is 11.9. The van der Waals surface area contributed by atoms with Gasteiger partial charge in [0.05, 0.1) is 24.4 Å². The molecule has 34 heavy (non-hydrogen) atoms. The predicted octanol–water partition coefficient (Wildman–Crippen LogP) is 6.45. The molecule has 1 aromatic heterocycles. The predicted molar refractivity (Wildman–Crippen MR) is 141 cm³/mol. The van der Waals surface area contributed by atoms with Crippen LogP contribution in [0.5, 0.6) is 5.75 Å². The summed E-state index contributed by atoms with van der Waals surface area (Å²) in [6.07, 6.45) is 0.811. The Labute approximate surface area is 201 Å². The number of nitrogens with zero attached hydrogens (tertiary/aromatic N) is 4. The molecule has 0 saturated heterocycles. The van der Waals surface area contributed by atoms with E-state index in [-0.39, 0.29) is 6.04 Å². The lowest BCUT2D eigenvalue weighted by molar-refractivity contribution is 0.414.